The van der Waals surface area contributed by atoms with E-state index < -0.39 is 0 Å². The fraction of sp³-hybridized carbons (Fsp3) is 0.125. The van der Waals surface area contributed by atoms with Crippen LogP contribution in [0.25, 0.3) is 33.3 Å². The largest absolute Gasteiger partial charge is 0.497 e. The molecule has 1 heterocycles. The average molecular weight is 354 g/mol. The molecule has 1 aromatic heterocycles. The molecule has 0 unspecified atom stereocenters. The van der Waals surface area contributed by atoms with Crippen LogP contribution in [0.4, 0.5) is 5.69 Å². The second kappa shape index (κ2) is 6.76. The number of hydrogen-bond acceptors (Lipinski definition) is 3. The van der Waals surface area contributed by atoms with Crippen molar-refractivity contribution in [2.45, 2.75) is 13.8 Å². The summed E-state index contributed by atoms with van der Waals surface area (Å²) in [6, 6.07) is 22.6. The quantitative estimate of drug-likeness (QED) is 0.475. The lowest BCUT2D eigenvalue weighted by Crippen LogP contribution is -1.94. The van der Waals surface area contributed by atoms with Crippen molar-refractivity contribution >= 4 is 16.5 Å². The molecule has 0 atom stereocenters. The van der Waals surface area contributed by atoms with E-state index in [0.717, 1.165) is 44.9 Å². The molecule has 0 saturated heterocycles. The van der Waals surface area contributed by atoms with Crippen LogP contribution in [0.15, 0.2) is 66.7 Å². The summed E-state index contributed by atoms with van der Waals surface area (Å²) >= 11 is 0. The molecule has 0 radical (unpaired) electrons. The van der Waals surface area contributed by atoms with E-state index in [1.807, 2.05) is 30.3 Å². The van der Waals surface area contributed by atoms with Crippen molar-refractivity contribution < 1.29 is 4.74 Å². The minimum absolute atomic E-state index is 0.737. The number of nitrogen functional groups attached to an aromatic ring is 1. The Labute approximate surface area is 159 Å². The number of benzene rings is 3. The highest BCUT2D eigenvalue weighted by molar-refractivity contribution is 5.97. The molecule has 4 aromatic rings. The summed E-state index contributed by atoms with van der Waals surface area (Å²) in [5.41, 5.74) is 13.1. The number of nitrogens with zero attached hydrogens (tertiary/aromatic N) is 1. The Kier molecular flexibility index (Phi) is 4.28. The first-order valence-corrected chi connectivity index (χ1v) is 8.97. The van der Waals surface area contributed by atoms with Crippen LogP contribution in [-0.4, -0.2) is 12.1 Å². The Morgan fingerprint density at radius 1 is 0.889 bits per heavy atom. The van der Waals surface area contributed by atoms with Gasteiger partial charge in [-0.15, -0.1) is 0 Å². The summed E-state index contributed by atoms with van der Waals surface area (Å²) in [4.78, 5) is 5.03. The van der Waals surface area contributed by atoms with Crippen molar-refractivity contribution in [2.75, 3.05) is 12.8 Å². The second-order valence-electron chi connectivity index (χ2n) is 6.89. The maximum Gasteiger partial charge on any atom is 0.119 e. The predicted octanol–water partition coefficient (Wildman–Crippen LogP) is 5.78. The van der Waals surface area contributed by atoms with Gasteiger partial charge in [0.25, 0.3) is 0 Å². The third-order valence-electron chi connectivity index (χ3n) is 4.86. The van der Waals surface area contributed by atoms with Gasteiger partial charge in [0.05, 0.1) is 18.5 Å². The minimum Gasteiger partial charge on any atom is -0.497 e. The Morgan fingerprint density at radius 3 is 2.48 bits per heavy atom. The molecular formula is C24H22N2O. The van der Waals surface area contributed by atoms with Gasteiger partial charge in [0, 0.05) is 22.2 Å². The summed E-state index contributed by atoms with van der Waals surface area (Å²) < 4.78 is 5.34. The van der Waals surface area contributed by atoms with E-state index in [-0.39, 0.29) is 0 Å². The van der Waals surface area contributed by atoms with E-state index in [0.29, 0.717) is 0 Å². The van der Waals surface area contributed by atoms with Crippen molar-refractivity contribution in [2.24, 2.45) is 0 Å². The summed E-state index contributed by atoms with van der Waals surface area (Å²) in [5, 5.41) is 2.30. The normalized spacial score (nSPS) is 10.9. The lowest BCUT2D eigenvalue weighted by molar-refractivity contribution is 0.414. The topological polar surface area (TPSA) is 48.1 Å². The third-order valence-corrected chi connectivity index (χ3v) is 4.86. The Hall–Kier alpha value is -3.33. The number of ether oxygens (including phenoxy) is 1. The number of pyridine rings is 1. The van der Waals surface area contributed by atoms with E-state index in [1.54, 1.807) is 7.11 Å². The van der Waals surface area contributed by atoms with Gasteiger partial charge in [0.15, 0.2) is 0 Å². The van der Waals surface area contributed by atoms with Crippen molar-refractivity contribution in [3.05, 3.63) is 77.9 Å². The first-order chi connectivity index (χ1) is 13.0. The highest BCUT2D eigenvalue weighted by Crippen LogP contribution is 2.34. The van der Waals surface area contributed by atoms with Gasteiger partial charge < -0.3 is 10.5 Å². The highest BCUT2D eigenvalue weighted by Gasteiger charge is 2.12. The predicted molar refractivity (Wildman–Crippen MR) is 113 cm³/mol. The number of aryl methyl sites for hydroxylation is 2. The smallest absolute Gasteiger partial charge is 0.119 e. The summed E-state index contributed by atoms with van der Waals surface area (Å²) in [7, 11) is 1.68. The first-order valence-electron chi connectivity index (χ1n) is 8.97. The SMILES string of the molecule is COc1ccc(-c2cc3cc(C)ccc3c(-c3cccc(N)c3)n2)c(C)c1. The molecule has 0 saturated carbocycles. The van der Waals surface area contributed by atoms with Gasteiger partial charge in [0.1, 0.15) is 5.75 Å². The number of methoxy groups -OCH3 is 1. The molecule has 0 bridgehead atoms. The van der Waals surface area contributed by atoms with E-state index in [1.165, 1.54) is 10.9 Å². The van der Waals surface area contributed by atoms with E-state index in [4.69, 9.17) is 15.5 Å². The van der Waals surface area contributed by atoms with E-state index in [9.17, 15) is 0 Å². The Bertz CT molecular complexity index is 1150. The zero-order chi connectivity index (χ0) is 19.0. The number of aromatic nitrogens is 1. The van der Waals surface area contributed by atoms with Crippen LogP contribution in [0.5, 0.6) is 5.75 Å². The second-order valence-corrected chi connectivity index (χ2v) is 6.89. The lowest BCUT2D eigenvalue weighted by atomic mass is 9.98. The molecule has 0 fully saturated rings. The van der Waals surface area contributed by atoms with Gasteiger partial charge in [-0.1, -0.05) is 35.9 Å². The fourth-order valence-corrected chi connectivity index (χ4v) is 3.47. The molecule has 0 spiro atoms. The zero-order valence-corrected chi connectivity index (χ0v) is 15.8. The zero-order valence-electron chi connectivity index (χ0n) is 15.8. The molecule has 134 valence electrons. The van der Waals surface area contributed by atoms with Crippen molar-refractivity contribution in [3.8, 4) is 28.3 Å². The van der Waals surface area contributed by atoms with Crippen molar-refractivity contribution in [1.82, 2.24) is 4.98 Å². The van der Waals surface area contributed by atoms with Gasteiger partial charge in [-0.05, 0) is 61.2 Å². The first kappa shape index (κ1) is 17.1. The monoisotopic (exact) mass is 354 g/mol. The van der Waals surface area contributed by atoms with E-state index in [2.05, 4.69) is 50.2 Å². The van der Waals surface area contributed by atoms with Gasteiger partial charge >= 0.3 is 0 Å². The van der Waals surface area contributed by atoms with Crippen LogP contribution >= 0.6 is 0 Å². The lowest BCUT2D eigenvalue weighted by Gasteiger charge is -2.13. The Balaban J connectivity index is 2.00. The van der Waals surface area contributed by atoms with Gasteiger partial charge in [-0.2, -0.15) is 0 Å². The van der Waals surface area contributed by atoms with Gasteiger partial charge in [-0.3, -0.25) is 0 Å². The fourth-order valence-electron chi connectivity index (χ4n) is 3.47. The number of anilines is 1. The summed E-state index contributed by atoms with van der Waals surface area (Å²) in [6.45, 7) is 4.19. The van der Waals surface area contributed by atoms with Crippen LogP contribution < -0.4 is 10.5 Å². The molecular weight excluding hydrogens is 332 g/mol. The molecule has 0 aliphatic carbocycles. The molecule has 4 rings (SSSR count). The summed E-state index contributed by atoms with van der Waals surface area (Å²) in [5.74, 6) is 0.851. The molecule has 3 heteroatoms. The van der Waals surface area contributed by atoms with Crippen LogP contribution in [0.2, 0.25) is 0 Å². The number of rotatable bonds is 3. The van der Waals surface area contributed by atoms with Gasteiger partial charge in [0.2, 0.25) is 0 Å². The molecule has 0 aliphatic rings. The third kappa shape index (κ3) is 3.24. The van der Waals surface area contributed by atoms with Crippen LogP contribution in [-0.2, 0) is 0 Å². The standard InChI is InChI=1S/C24H22N2O/c1-15-7-9-22-18(11-15)14-23(21-10-8-20(27-3)12-16(21)2)26-24(22)17-5-4-6-19(25)13-17/h4-14H,25H2,1-3H3. The summed E-state index contributed by atoms with van der Waals surface area (Å²) in [6.07, 6.45) is 0. The van der Waals surface area contributed by atoms with E-state index >= 15 is 0 Å². The number of nitrogens with two attached hydrogens (primary N) is 1. The number of hydrogen-bond donors (Lipinski definition) is 1. The Morgan fingerprint density at radius 2 is 1.74 bits per heavy atom. The molecule has 2 N–H and O–H groups in total. The van der Waals surface area contributed by atoms with Gasteiger partial charge in [-0.25, -0.2) is 4.98 Å². The minimum atomic E-state index is 0.737. The van der Waals surface area contributed by atoms with Crippen molar-refractivity contribution in [1.29, 1.82) is 0 Å². The molecule has 0 aliphatic heterocycles. The van der Waals surface area contributed by atoms with Crippen LogP contribution in [0.1, 0.15) is 11.1 Å². The van der Waals surface area contributed by atoms with Crippen LogP contribution in [0, 0.1) is 13.8 Å². The molecule has 3 nitrogen and oxygen atoms in total. The highest BCUT2D eigenvalue weighted by atomic mass is 16.5. The van der Waals surface area contributed by atoms with Crippen molar-refractivity contribution in [3.63, 3.8) is 0 Å². The maximum absolute atomic E-state index is 6.03. The molecule has 3 aromatic carbocycles. The van der Waals surface area contributed by atoms with Crippen LogP contribution in [0.3, 0.4) is 0 Å². The molecule has 27 heavy (non-hydrogen) atoms. The average Bonchev–Trinajstić information content (AvgIpc) is 2.66. The maximum atomic E-state index is 6.03. The molecule has 0 amide bonds. The number of fused-ring (bicyclic) bond motifs is 1.